The van der Waals surface area contributed by atoms with Gasteiger partial charge in [0.1, 0.15) is 0 Å². The van der Waals surface area contributed by atoms with Gasteiger partial charge >= 0.3 is 178 Å². The summed E-state index contributed by atoms with van der Waals surface area (Å²) in [6, 6.07) is 11.3. The average molecular weight is 494 g/mol. The van der Waals surface area contributed by atoms with E-state index in [-0.39, 0.29) is 0 Å². The zero-order chi connectivity index (χ0) is 19.9. The molecule has 0 radical (unpaired) electrons. The van der Waals surface area contributed by atoms with Crippen LogP contribution >= 0.6 is 11.6 Å². The predicted octanol–water partition coefficient (Wildman–Crippen LogP) is 8.67. The minimum absolute atomic E-state index is 0.587. The molecule has 0 aliphatic rings. The molecule has 0 aliphatic heterocycles. The van der Waals surface area contributed by atoms with Gasteiger partial charge in [-0.25, -0.2) is 0 Å². The summed E-state index contributed by atoms with van der Waals surface area (Å²) in [6.07, 6.45) is 8.16. The number of hydrogen-bond acceptors (Lipinski definition) is 0. The molecule has 27 heavy (non-hydrogen) atoms. The SMILES string of the molecule is CCC[CH2][Sn]([CH2]CCC)([CH2]CCC)[c]1c(C(C)C)ccc2c(Cl)cccc12. The first kappa shape index (κ1) is 23.1. The Morgan fingerprint density at radius 1 is 0.778 bits per heavy atom. The molecule has 0 aliphatic carbocycles. The molecule has 0 bridgehead atoms. The molecule has 0 nitrogen and oxygen atoms in total. The third kappa shape index (κ3) is 5.44. The zero-order valence-electron chi connectivity index (χ0n) is 18.2. The summed E-state index contributed by atoms with van der Waals surface area (Å²) in [6.45, 7) is 11.8. The molecule has 150 valence electrons. The van der Waals surface area contributed by atoms with Gasteiger partial charge in [-0.05, 0) is 0 Å². The van der Waals surface area contributed by atoms with E-state index >= 15 is 0 Å². The number of unbranched alkanes of at least 4 members (excludes halogenated alkanes) is 3. The quantitative estimate of drug-likeness (QED) is 0.275. The van der Waals surface area contributed by atoms with Crippen molar-refractivity contribution < 1.29 is 0 Å². The van der Waals surface area contributed by atoms with Gasteiger partial charge < -0.3 is 0 Å². The molecule has 0 amide bonds. The van der Waals surface area contributed by atoms with E-state index in [1.807, 2.05) is 3.58 Å². The van der Waals surface area contributed by atoms with Crippen molar-refractivity contribution in [1.82, 2.24) is 0 Å². The molecule has 0 unspecified atom stereocenters. The van der Waals surface area contributed by atoms with Crippen molar-refractivity contribution >= 4 is 44.3 Å². The Morgan fingerprint density at radius 3 is 1.81 bits per heavy atom. The number of rotatable bonds is 11. The van der Waals surface area contributed by atoms with E-state index in [0.717, 1.165) is 5.02 Å². The molecule has 2 aromatic rings. The molecule has 0 N–H and O–H groups in total. The molecule has 0 fully saturated rings. The molecule has 2 heteroatoms. The van der Waals surface area contributed by atoms with Crippen molar-refractivity contribution in [2.75, 3.05) is 0 Å². The summed E-state index contributed by atoms with van der Waals surface area (Å²) in [4.78, 5) is 0. The maximum atomic E-state index is 6.65. The van der Waals surface area contributed by atoms with Crippen LogP contribution in [0.15, 0.2) is 30.3 Å². The Hall–Kier alpha value is -0.211. The third-order valence-electron chi connectivity index (χ3n) is 6.22. The van der Waals surface area contributed by atoms with Crippen LogP contribution < -0.4 is 3.58 Å². The van der Waals surface area contributed by atoms with Crippen molar-refractivity contribution in [3.8, 4) is 0 Å². The topological polar surface area (TPSA) is 0 Å². The summed E-state index contributed by atoms with van der Waals surface area (Å²) in [5.74, 6) is 0.587. The van der Waals surface area contributed by atoms with Gasteiger partial charge in [-0.2, -0.15) is 0 Å². The predicted molar refractivity (Wildman–Crippen MR) is 128 cm³/mol. The Morgan fingerprint density at radius 2 is 1.33 bits per heavy atom. The summed E-state index contributed by atoms with van der Waals surface area (Å²) < 4.78 is 6.36. The minimum atomic E-state index is -2.55. The summed E-state index contributed by atoms with van der Waals surface area (Å²) in [5.41, 5.74) is 1.63. The monoisotopic (exact) mass is 494 g/mol. The number of halogens is 1. The van der Waals surface area contributed by atoms with Crippen LogP contribution in [0.1, 0.15) is 84.6 Å². The van der Waals surface area contributed by atoms with Crippen LogP contribution in [0.5, 0.6) is 0 Å². The van der Waals surface area contributed by atoms with Gasteiger partial charge in [-0.15, -0.1) is 0 Å². The zero-order valence-corrected chi connectivity index (χ0v) is 21.8. The molecule has 2 rings (SSSR count). The van der Waals surface area contributed by atoms with E-state index in [2.05, 4.69) is 65.0 Å². The Kier molecular flexibility index (Phi) is 9.48. The van der Waals surface area contributed by atoms with Gasteiger partial charge in [-0.1, -0.05) is 0 Å². The van der Waals surface area contributed by atoms with Crippen LogP contribution in [0.4, 0.5) is 0 Å². The average Bonchev–Trinajstić information content (AvgIpc) is 2.67. The normalized spacial score (nSPS) is 12.3. The molecule has 0 heterocycles. The fraction of sp³-hybridized carbons (Fsp3) is 0.600. The summed E-state index contributed by atoms with van der Waals surface area (Å²) in [7, 11) is 0. The number of fused-ring (bicyclic) bond motifs is 1. The second-order valence-corrected chi connectivity index (χ2v) is 22.0. The van der Waals surface area contributed by atoms with Crippen molar-refractivity contribution in [3.05, 3.63) is 40.9 Å². The molecule has 2 aromatic carbocycles. The second kappa shape index (κ2) is 11.1. The summed E-state index contributed by atoms with van der Waals surface area (Å²) >= 11 is 4.10. The Balaban J connectivity index is 2.78. The summed E-state index contributed by atoms with van der Waals surface area (Å²) in [5, 5.41) is 3.70. The van der Waals surface area contributed by atoms with Crippen molar-refractivity contribution in [2.45, 2.75) is 92.4 Å². The molecular formula is C25H39ClSn. The van der Waals surface area contributed by atoms with Crippen LogP contribution in [0.2, 0.25) is 18.3 Å². The fourth-order valence-corrected chi connectivity index (χ4v) is 23.1. The first-order valence-corrected chi connectivity index (χ1v) is 19.1. The van der Waals surface area contributed by atoms with Gasteiger partial charge in [0.15, 0.2) is 0 Å². The Bertz CT molecular complexity index is 698. The van der Waals surface area contributed by atoms with Gasteiger partial charge in [-0.3, -0.25) is 0 Å². The van der Waals surface area contributed by atoms with Crippen LogP contribution in [-0.2, 0) is 0 Å². The van der Waals surface area contributed by atoms with E-state index in [4.69, 9.17) is 11.6 Å². The second-order valence-electron chi connectivity index (χ2n) is 8.61. The van der Waals surface area contributed by atoms with Crippen LogP contribution in [0.3, 0.4) is 0 Å². The van der Waals surface area contributed by atoms with E-state index < -0.39 is 18.4 Å². The van der Waals surface area contributed by atoms with Gasteiger partial charge in [0.05, 0.1) is 0 Å². The van der Waals surface area contributed by atoms with Crippen LogP contribution in [0.25, 0.3) is 10.8 Å². The number of hydrogen-bond donors (Lipinski definition) is 0. The van der Waals surface area contributed by atoms with Crippen molar-refractivity contribution in [1.29, 1.82) is 0 Å². The maximum absolute atomic E-state index is 6.65. The molecule has 0 saturated carbocycles. The van der Waals surface area contributed by atoms with Crippen molar-refractivity contribution in [2.24, 2.45) is 0 Å². The van der Waals surface area contributed by atoms with Crippen molar-refractivity contribution in [3.63, 3.8) is 0 Å². The van der Waals surface area contributed by atoms with Gasteiger partial charge in [0.25, 0.3) is 0 Å². The third-order valence-corrected chi connectivity index (χ3v) is 22.4. The standard InChI is InChI=1S/C13H12Cl.3C4H9.Sn/c1-9(2)10-6-7-12-11(8-10)4-3-5-13(12)14;3*1-3-4-2;/h3-7,9H,1-2H3;3*1,3-4H2,2H3;. The fourth-order valence-electron chi connectivity index (χ4n) is 4.70. The van der Waals surface area contributed by atoms with Crippen LogP contribution in [0, 0.1) is 0 Å². The molecular weight excluding hydrogens is 454 g/mol. The first-order chi connectivity index (χ1) is 13.0. The molecule has 0 aromatic heterocycles. The van der Waals surface area contributed by atoms with E-state index in [1.165, 1.54) is 62.6 Å². The number of benzene rings is 2. The van der Waals surface area contributed by atoms with Gasteiger partial charge in [0, 0.05) is 0 Å². The van der Waals surface area contributed by atoms with Gasteiger partial charge in [0.2, 0.25) is 0 Å². The van der Waals surface area contributed by atoms with E-state index in [1.54, 1.807) is 5.56 Å². The van der Waals surface area contributed by atoms with E-state index in [9.17, 15) is 0 Å². The van der Waals surface area contributed by atoms with Crippen LogP contribution in [-0.4, -0.2) is 18.4 Å². The van der Waals surface area contributed by atoms with E-state index in [0.29, 0.717) is 5.92 Å². The molecule has 0 saturated heterocycles. The molecule has 0 spiro atoms. The molecule has 0 atom stereocenters. The first-order valence-electron chi connectivity index (χ1n) is 11.2. The Labute approximate surface area is 177 Å².